The highest BCUT2D eigenvalue weighted by atomic mass is 16.2. The number of carbonyl (C=O) groups excluding carboxylic acids is 2. The van der Waals surface area contributed by atoms with Crippen LogP contribution in [0.5, 0.6) is 0 Å². The monoisotopic (exact) mass is 275 g/mol. The Bertz CT molecular complexity index is 500. The minimum atomic E-state index is -0.461. The summed E-state index contributed by atoms with van der Waals surface area (Å²) in [7, 11) is 4.00. The quantitative estimate of drug-likeness (QED) is 0.765. The van der Waals surface area contributed by atoms with Crippen molar-refractivity contribution < 1.29 is 9.59 Å². The number of benzene rings is 1. The van der Waals surface area contributed by atoms with E-state index >= 15 is 0 Å². The molecule has 1 aliphatic rings. The Morgan fingerprint density at radius 3 is 2.90 bits per heavy atom. The summed E-state index contributed by atoms with van der Waals surface area (Å²) in [5.74, 6) is -0.271. The molecule has 20 heavy (non-hydrogen) atoms. The van der Waals surface area contributed by atoms with Gasteiger partial charge in [-0.2, -0.15) is 0 Å². The van der Waals surface area contributed by atoms with E-state index < -0.39 is 6.04 Å². The number of nitrogens with one attached hydrogen (secondary N) is 2. The first-order valence-corrected chi connectivity index (χ1v) is 6.89. The van der Waals surface area contributed by atoms with Crippen LogP contribution in [0.25, 0.3) is 0 Å². The Morgan fingerprint density at radius 2 is 2.15 bits per heavy atom. The van der Waals surface area contributed by atoms with Gasteiger partial charge in [-0.1, -0.05) is 18.2 Å². The van der Waals surface area contributed by atoms with E-state index in [1.165, 1.54) is 0 Å². The van der Waals surface area contributed by atoms with Crippen molar-refractivity contribution in [2.45, 2.75) is 18.9 Å². The van der Waals surface area contributed by atoms with Crippen molar-refractivity contribution in [2.24, 2.45) is 0 Å². The molecule has 1 aromatic rings. The number of carbonyl (C=O) groups is 2. The number of rotatable bonds is 5. The summed E-state index contributed by atoms with van der Waals surface area (Å²) in [5.41, 5.74) is 1.61. The van der Waals surface area contributed by atoms with Gasteiger partial charge in [-0.05, 0) is 38.7 Å². The first kappa shape index (κ1) is 14.5. The van der Waals surface area contributed by atoms with Crippen LogP contribution >= 0.6 is 0 Å². The third kappa shape index (κ3) is 3.57. The number of nitrogens with zero attached hydrogens (tertiary/aromatic N) is 1. The number of amides is 2. The lowest BCUT2D eigenvalue weighted by molar-refractivity contribution is -0.123. The summed E-state index contributed by atoms with van der Waals surface area (Å²) < 4.78 is 0. The Morgan fingerprint density at radius 1 is 1.40 bits per heavy atom. The van der Waals surface area contributed by atoms with Gasteiger partial charge in [0.25, 0.3) is 5.91 Å². The molecule has 0 bridgehead atoms. The van der Waals surface area contributed by atoms with Gasteiger partial charge in [0, 0.05) is 18.5 Å². The molecule has 1 unspecified atom stereocenters. The van der Waals surface area contributed by atoms with Crippen LogP contribution < -0.4 is 10.6 Å². The fourth-order valence-electron chi connectivity index (χ4n) is 2.32. The van der Waals surface area contributed by atoms with Crippen LogP contribution in [0, 0.1) is 0 Å². The highest BCUT2D eigenvalue weighted by molar-refractivity contribution is 6.00. The molecule has 108 valence electrons. The maximum absolute atomic E-state index is 12.1. The molecule has 0 radical (unpaired) electrons. The Labute approximate surface area is 119 Å². The molecule has 1 atom stereocenters. The molecule has 1 heterocycles. The third-order valence-corrected chi connectivity index (χ3v) is 3.39. The second-order valence-corrected chi connectivity index (χ2v) is 5.34. The van der Waals surface area contributed by atoms with E-state index in [9.17, 15) is 9.59 Å². The zero-order valence-corrected chi connectivity index (χ0v) is 12.0. The van der Waals surface area contributed by atoms with Crippen LogP contribution in [-0.2, 0) is 11.2 Å². The van der Waals surface area contributed by atoms with Crippen molar-refractivity contribution in [3.63, 3.8) is 0 Å². The summed E-state index contributed by atoms with van der Waals surface area (Å²) in [6, 6.07) is 6.96. The maximum atomic E-state index is 12.1. The van der Waals surface area contributed by atoms with E-state index in [-0.39, 0.29) is 11.8 Å². The van der Waals surface area contributed by atoms with Gasteiger partial charge >= 0.3 is 0 Å². The highest BCUT2D eigenvalue weighted by Gasteiger charge is 2.28. The van der Waals surface area contributed by atoms with E-state index in [0.717, 1.165) is 18.5 Å². The Hall–Kier alpha value is -1.88. The second kappa shape index (κ2) is 6.52. The summed E-state index contributed by atoms with van der Waals surface area (Å²) in [5, 5.41) is 5.64. The predicted molar refractivity (Wildman–Crippen MR) is 77.6 cm³/mol. The third-order valence-electron chi connectivity index (χ3n) is 3.39. The molecule has 2 N–H and O–H groups in total. The van der Waals surface area contributed by atoms with Gasteiger partial charge in [0.15, 0.2) is 0 Å². The van der Waals surface area contributed by atoms with Crippen LogP contribution in [0.15, 0.2) is 24.3 Å². The smallest absolute Gasteiger partial charge is 0.252 e. The molecule has 0 aliphatic carbocycles. The van der Waals surface area contributed by atoms with Gasteiger partial charge in [-0.3, -0.25) is 9.59 Å². The number of fused-ring (bicyclic) bond motifs is 1. The molecular formula is C15H21N3O2. The van der Waals surface area contributed by atoms with E-state index in [2.05, 4.69) is 15.5 Å². The standard InChI is InChI=1S/C15H21N3O2/c1-18(2)9-5-8-16-15(20)13-10-11-6-3-4-7-12(11)14(19)17-13/h3-4,6-7,13H,5,8-10H2,1-2H3,(H,16,20)(H,17,19). The summed E-state index contributed by atoms with van der Waals surface area (Å²) in [6.07, 6.45) is 1.46. The van der Waals surface area contributed by atoms with Crippen molar-refractivity contribution >= 4 is 11.8 Å². The van der Waals surface area contributed by atoms with Crippen LogP contribution in [0.4, 0.5) is 0 Å². The number of hydrogen-bond donors (Lipinski definition) is 2. The molecule has 0 saturated heterocycles. The molecule has 0 aromatic heterocycles. The lowest BCUT2D eigenvalue weighted by Crippen LogP contribution is -2.51. The molecule has 1 aromatic carbocycles. The van der Waals surface area contributed by atoms with Crippen molar-refractivity contribution in [1.82, 2.24) is 15.5 Å². The molecule has 5 heteroatoms. The summed E-state index contributed by atoms with van der Waals surface area (Å²) >= 11 is 0. The van der Waals surface area contributed by atoms with Crippen molar-refractivity contribution in [1.29, 1.82) is 0 Å². The minimum Gasteiger partial charge on any atom is -0.354 e. The molecule has 2 amide bonds. The fraction of sp³-hybridized carbons (Fsp3) is 0.467. The zero-order valence-electron chi connectivity index (χ0n) is 12.0. The van der Waals surface area contributed by atoms with Crippen molar-refractivity contribution in [3.05, 3.63) is 35.4 Å². The Balaban J connectivity index is 1.88. The molecule has 5 nitrogen and oxygen atoms in total. The van der Waals surface area contributed by atoms with E-state index in [4.69, 9.17) is 0 Å². The Kier molecular flexibility index (Phi) is 4.74. The van der Waals surface area contributed by atoms with Crippen LogP contribution in [-0.4, -0.2) is 49.9 Å². The van der Waals surface area contributed by atoms with E-state index in [0.29, 0.717) is 18.5 Å². The predicted octanol–water partition coefficient (Wildman–Crippen LogP) is 0.409. The van der Waals surface area contributed by atoms with Gasteiger partial charge in [-0.25, -0.2) is 0 Å². The van der Waals surface area contributed by atoms with Gasteiger partial charge in [0.05, 0.1) is 0 Å². The topological polar surface area (TPSA) is 61.4 Å². The lowest BCUT2D eigenvalue weighted by atomic mass is 9.95. The van der Waals surface area contributed by atoms with Gasteiger partial charge in [0.1, 0.15) is 6.04 Å². The summed E-state index contributed by atoms with van der Waals surface area (Å²) in [4.78, 5) is 26.1. The molecule has 0 saturated carbocycles. The molecule has 0 fully saturated rings. The van der Waals surface area contributed by atoms with Gasteiger partial charge in [0.2, 0.25) is 5.91 Å². The second-order valence-electron chi connectivity index (χ2n) is 5.34. The van der Waals surface area contributed by atoms with Crippen LogP contribution in [0.3, 0.4) is 0 Å². The SMILES string of the molecule is CN(C)CCCNC(=O)C1Cc2ccccc2C(=O)N1. The zero-order chi connectivity index (χ0) is 14.5. The highest BCUT2D eigenvalue weighted by Crippen LogP contribution is 2.16. The molecular weight excluding hydrogens is 254 g/mol. The van der Waals surface area contributed by atoms with Crippen LogP contribution in [0.1, 0.15) is 22.3 Å². The molecule has 1 aliphatic heterocycles. The average Bonchev–Trinajstić information content (AvgIpc) is 2.43. The van der Waals surface area contributed by atoms with Gasteiger partial charge in [-0.15, -0.1) is 0 Å². The first-order valence-electron chi connectivity index (χ1n) is 6.89. The number of hydrogen-bond acceptors (Lipinski definition) is 3. The minimum absolute atomic E-state index is 0.105. The van der Waals surface area contributed by atoms with Crippen molar-refractivity contribution in [2.75, 3.05) is 27.2 Å². The first-order chi connectivity index (χ1) is 9.58. The largest absolute Gasteiger partial charge is 0.354 e. The van der Waals surface area contributed by atoms with Gasteiger partial charge < -0.3 is 15.5 Å². The molecule has 2 rings (SSSR count). The summed E-state index contributed by atoms with van der Waals surface area (Å²) in [6.45, 7) is 1.56. The fourth-order valence-corrected chi connectivity index (χ4v) is 2.32. The average molecular weight is 275 g/mol. The molecule has 0 spiro atoms. The maximum Gasteiger partial charge on any atom is 0.252 e. The van der Waals surface area contributed by atoms with Crippen LogP contribution in [0.2, 0.25) is 0 Å². The lowest BCUT2D eigenvalue weighted by Gasteiger charge is -2.24. The normalized spacial score (nSPS) is 17.6. The van der Waals surface area contributed by atoms with E-state index in [1.54, 1.807) is 6.07 Å². The van der Waals surface area contributed by atoms with Crippen molar-refractivity contribution in [3.8, 4) is 0 Å². The van der Waals surface area contributed by atoms with E-state index in [1.807, 2.05) is 32.3 Å².